The van der Waals surface area contributed by atoms with Gasteiger partial charge in [0.1, 0.15) is 0 Å². The third-order valence-electron chi connectivity index (χ3n) is 4.62. The molecule has 2 amide bonds. The van der Waals surface area contributed by atoms with E-state index in [9.17, 15) is 4.79 Å². The van der Waals surface area contributed by atoms with Gasteiger partial charge >= 0.3 is 6.03 Å². The Morgan fingerprint density at radius 2 is 1.83 bits per heavy atom. The molecule has 0 aliphatic carbocycles. The normalized spacial score (nSPS) is 17.3. The Hall–Kier alpha value is -1.55. The molecule has 4 nitrogen and oxygen atoms in total. The van der Waals surface area contributed by atoms with Gasteiger partial charge in [0.2, 0.25) is 0 Å². The molecule has 1 aromatic carbocycles. The summed E-state index contributed by atoms with van der Waals surface area (Å²) in [4.78, 5) is 14.2. The molecule has 0 saturated carbocycles. The molecule has 0 bridgehead atoms. The van der Waals surface area contributed by atoms with Gasteiger partial charge in [0.25, 0.3) is 0 Å². The van der Waals surface area contributed by atoms with Crippen LogP contribution in [0.3, 0.4) is 0 Å². The maximum absolute atomic E-state index is 12.3. The van der Waals surface area contributed by atoms with Gasteiger partial charge in [-0.2, -0.15) is 0 Å². The van der Waals surface area contributed by atoms with E-state index in [1.54, 1.807) is 0 Å². The number of aliphatic hydroxyl groups is 1. The number of piperidine rings is 1. The Labute approximate surface area is 139 Å². The third-order valence-corrected chi connectivity index (χ3v) is 4.62. The SMILES string of the molecule is CC(C)Cc1ccc(C(C)NC(=O)N2CCC(CO)CC2)cc1. The largest absolute Gasteiger partial charge is 0.396 e. The number of benzene rings is 1. The van der Waals surface area contributed by atoms with Crippen LogP contribution in [0.2, 0.25) is 0 Å². The highest BCUT2D eigenvalue weighted by Crippen LogP contribution is 2.19. The van der Waals surface area contributed by atoms with Crippen LogP contribution in [0.1, 0.15) is 50.8 Å². The predicted molar refractivity (Wildman–Crippen MR) is 93.3 cm³/mol. The van der Waals surface area contributed by atoms with Gasteiger partial charge in [0.15, 0.2) is 0 Å². The van der Waals surface area contributed by atoms with Crippen molar-refractivity contribution >= 4 is 6.03 Å². The van der Waals surface area contributed by atoms with Gasteiger partial charge in [-0.25, -0.2) is 4.79 Å². The number of hydrogen-bond acceptors (Lipinski definition) is 2. The van der Waals surface area contributed by atoms with Gasteiger partial charge in [-0.1, -0.05) is 38.1 Å². The fourth-order valence-corrected chi connectivity index (χ4v) is 3.09. The van der Waals surface area contributed by atoms with Crippen LogP contribution in [0.15, 0.2) is 24.3 Å². The van der Waals surface area contributed by atoms with Gasteiger partial charge in [0, 0.05) is 19.7 Å². The quantitative estimate of drug-likeness (QED) is 0.874. The monoisotopic (exact) mass is 318 g/mol. The van der Waals surface area contributed by atoms with Crippen molar-refractivity contribution in [1.29, 1.82) is 0 Å². The predicted octanol–water partition coefficient (Wildman–Crippen LogP) is 3.36. The number of nitrogens with one attached hydrogen (secondary N) is 1. The second-order valence-corrected chi connectivity index (χ2v) is 7.12. The molecule has 1 atom stereocenters. The number of urea groups is 1. The van der Waals surface area contributed by atoms with Crippen LogP contribution in [-0.4, -0.2) is 35.7 Å². The molecule has 2 rings (SSSR count). The summed E-state index contributed by atoms with van der Waals surface area (Å²) < 4.78 is 0. The van der Waals surface area contributed by atoms with E-state index in [1.165, 1.54) is 5.56 Å². The van der Waals surface area contributed by atoms with Crippen molar-refractivity contribution < 1.29 is 9.90 Å². The van der Waals surface area contributed by atoms with Crippen molar-refractivity contribution in [3.8, 4) is 0 Å². The minimum atomic E-state index is 0.000136. The first kappa shape index (κ1) is 17.8. The van der Waals surface area contributed by atoms with Crippen molar-refractivity contribution in [2.75, 3.05) is 19.7 Å². The highest BCUT2D eigenvalue weighted by Gasteiger charge is 2.23. The number of hydrogen-bond donors (Lipinski definition) is 2. The van der Waals surface area contributed by atoms with Crippen molar-refractivity contribution in [2.45, 2.75) is 46.1 Å². The highest BCUT2D eigenvalue weighted by atomic mass is 16.3. The Kier molecular flexibility index (Phi) is 6.46. The van der Waals surface area contributed by atoms with Crippen LogP contribution in [0, 0.1) is 11.8 Å². The molecular formula is C19H30N2O2. The molecule has 0 radical (unpaired) electrons. The van der Waals surface area contributed by atoms with Crippen LogP contribution < -0.4 is 5.32 Å². The molecule has 4 heteroatoms. The number of amides is 2. The van der Waals surface area contributed by atoms with Gasteiger partial charge < -0.3 is 15.3 Å². The Balaban J connectivity index is 1.86. The summed E-state index contributed by atoms with van der Waals surface area (Å²) in [5, 5.41) is 12.3. The van der Waals surface area contributed by atoms with E-state index in [0.717, 1.165) is 37.9 Å². The zero-order chi connectivity index (χ0) is 16.8. The van der Waals surface area contributed by atoms with Crippen LogP contribution >= 0.6 is 0 Å². The summed E-state index contributed by atoms with van der Waals surface area (Å²) in [7, 11) is 0. The molecule has 1 unspecified atom stereocenters. The van der Waals surface area contributed by atoms with Crippen molar-refractivity contribution in [1.82, 2.24) is 10.2 Å². The lowest BCUT2D eigenvalue weighted by Gasteiger charge is -2.32. The summed E-state index contributed by atoms with van der Waals surface area (Å²) in [6.07, 6.45) is 2.87. The van der Waals surface area contributed by atoms with Crippen LogP contribution in [-0.2, 0) is 6.42 Å². The minimum absolute atomic E-state index is 0.000136. The summed E-state index contributed by atoms with van der Waals surface area (Å²) >= 11 is 0. The molecule has 1 aliphatic rings. The van der Waals surface area contributed by atoms with Crippen molar-refractivity contribution in [2.24, 2.45) is 11.8 Å². The fraction of sp³-hybridized carbons (Fsp3) is 0.632. The number of nitrogens with zero attached hydrogens (tertiary/aromatic N) is 1. The van der Waals surface area contributed by atoms with Crippen molar-refractivity contribution in [3.05, 3.63) is 35.4 Å². The molecule has 1 aliphatic heterocycles. The molecule has 1 fully saturated rings. The fourth-order valence-electron chi connectivity index (χ4n) is 3.09. The van der Waals surface area contributed by atoms with E-state index in [4.69, 9.17) is 5.11 Å². The smallest absolute Gasteiger partial charge is 0.317 e. The molecule has 1 saturated heterocycles. The van der Waals surface area contributed by atoms with Gasteiger partial charge in [-0.05, 0) is 49.1 Å². The molecule has 2 N–H and O–H groups in total. The molecular weight excluding hydrogens is 288 g/mol. The lowest BCUT2D eigenvalue weighted by atomic mass is 9.98. The second kappa shape index (κ2) is 8.34. The molecule has 128 valence electrons. The van der Waals surface area contributed by atoms with E-state index in [-0.39, 0.29) is 18.7 Å². The van der Waals surface area contributed by atoms with Gasteiger partial charge in [-0.15, -0.1) is 0 Å². The van der Waals surface area contributed by atoms with Gasteiger partial charge in [-0.3, -0.25) is 0 Å². The van der Waals surface area contributed by atoms with Crippen LogP contribution in [0.25, 0.3) is 0 Å². The van der Waals surface area contributed by atoms with E-state index < -0.39 is 0 Å². The number of carbonyl (C=O) groups excluding carboxylic acids is 1. The van der Waals surface area contributed by atoms with E-state index in [0.29, 0.717) is 11.8 Å². The first-order valence-corrected chi connectivity index (χ1v) is 8.74. The average molecular weight is 318 g/mol. The first-order valence-electron chi connectivity index (χ1n) is 8.74. The third kappa shape index (κ3) is 5.24. The molecule has 23 heavy (non-hydrogen) atoms. The Bertz CT molecular complexity index is 491. The number of carbonyl (C=O) groups is 1. The average Bonchev–Trinajstić information content (AvgIpc) is 2.55. The number of aliphatic hydroxyl groups excluding tert-OH is 1. The van der Waals surface area contributed by atoms with E-state index in [1.807, 2.05) is 11.8 Å². The number of likely N-dealkylation sites (tertiary alicyclic amines) is 1. The van der Waals surface area contributed by atoms with Gasteiger partial charge in [0.05, 0.1) is 6.04 Å². The maximum atomic E-state index is 12.3. The maximum Gasteiger partial charge on any atom is 0.317 e. The lowest BCUT2D eigenvalue weighted by molar-refractivity contribution is 0.136. The second-order valence-electron chi connectivity index (χ2n) is 7.12. The summed E-state index contributed by atoms with van der Waals surface area (Å²) in [5.74, 6) is 1.00. The molecule has 1 aromatic rings. The lowest BCUT2D eigenvalue weighted by Crippen LogP contribution is -2.45. The van der Waals surface area contributed by atoms with E-state index >= 15 is 0 Å². The standard InChI is InChI=1S/C19H30N2O2/c1-14(2)12-16-4-6-18(7-5-16)15(3)20-19(23)21-10-8-17(13-22)9-11-21/h4-7,14-15,17,22H,8-13H2,1-3H3,(H,20,23). The summed E-state index contributed by atoms with van der Waals surface area (Å²) in [5.41, 5.74) is 2.48. The zero-order valence-corrected chi connectivity index (χ0v) is 14.6. The Morgan fingerprint density at radius 3 is 2.35 bits per heavy atom. The first-order chi connectivity index (χ1) is 11.0. The Morgan fingerprint density at radius 1 is 1.22 bits per heavy atom. The minimum Gasteiger partial charge on any atom is -0.396 e. The van der Waals surface area contributed by atoms with Crippen LogP contribution in [0.4, 0.5) is 4.79 Å². The highest BCUT2D eigenvalue weighted by molar-refractivity contribution is 5.74. The summed E-state index contributed by atoms with van der Waals surface area (Å²) in [6.45, 7) is 8.16. The molecule has 0 spiro atoms. The molecule has 0 aromatic heterocycles. The summed E-state index contributed by atoms with van der Waals surface area (Å²) in [6, 6.07) is 8.54. The van der Waals surface area contributed by atoms with E-state index in [2.05, 4.69) is 43.4 Å². The topological polar surface area (TPSA) is 52.6 Å². The van der Waals surface area contributed by atoms with Crippen molar-refractivity contribution in [3.63, 3.8) is 0 Å². The molecule has 1 heterocycles. The number of rotatable bonds is 5. The van der Waals surface area contributed by atoms with Crippen LogP contribution in [0.5, 0.6) is 0 Å². The zero-order valence-electron chi connectivity index (χ0n) is 14.6.